The zero-order valence-electron chi connectivity index (χ0n) is 9.89. The second-order valence-corrected chi connectivity index (χ2v) is 5.25. The first-order chi connectivity index (χ1) is 9.13. The normalized spacial score (nSPS) is 14.4. The van der Waals surface area contributed by atoms with Gasteiger partial charge >= 0.3 is 0 Å². The molecule has 0 unspecified atom stereocenters. The van der Waals surface area contributed by atoms with Crippen LogP contribution in [0.2, 0.25) is 0 Å². The number of thiazole rings is 1. The number of amides is 1. The highest BCUT2D eigenvalue weighted by Crippen LogP contribution is 2.40. The van der Waals surface area contributed by atoms with E-state index in [1.165, 1.54) is 11.3 Å². The average Bonchev–Trinajstić information content (AvgIpc) is 3.13. The van der Waals surface area contributed by atoms with Gasteiger partial charge in [0.1, 0.15) is 11.6 Å². The predicted molar refractivity (Wildman–Crippen MR) is 70.6 cm³/mol. The molecule has 0 atom stereocenters. The van der Waals surface area contributed by atoms with Gasteiger partial charge < -0.3 is 5.73 Å². The van der Waals surface area contributed by atoms with Gasteiger partial charge in [0.25, 0.3) is 5.91 Å². The molecule has 0 aromatic carbocycles. The minimum atomic E-state index is -0.600. The smallest absolute Gasteiger partial charge is 0.261 e. The Balaban J connectivity index is 1.77. The third-order valence-electron chi connectivity index (χ3n) is 2.87. The second-order valence-electron chi connectivity index (χ2n) is 4.39. The molecule has 1 aliphatic carbocycles. The summed E-state index contributed by atoms with van der Waals surface area (Å²) in [5.41, 5.74) is 6.57. The van der Waals surface area contributed by atoms with Crippen LogP contribution in [0, 0.1) is 5.82 Å². The van der Waals surface area contributed by atoms with Crippen LogP contribution in [-0.2, 0) is 0 Å². The van der Waals surface area contributed by atoms with Crippen LogP contribution >= 0.6 is 11.3 Å². The highest BCUT2D eigenvalue weighted by atomic mass is 32.1. The van der Waals surface area contributed by atoms with E-state index in [4.69, 9.17) is 5.73 Å². The lowest BCUT2D eigenvalue weighted by Crippen LogP contribution is -2.15. The molecule has 2 aromatic rings. The topological polar surface area (TPSA) is 80.9 Å². The molecule has 1 saturated carbocycles. The summed E-state index contributed by atoms with van der Waals surface area (Å²) in [6.07, 6.45) is 3.27. The van der Waals surface area contributed by atoms with Crippen LogP contribution < -0.4 is 11.1 Å². The highest BCUT2D eigenvalue weighted by molar-refractivity contribution is 7.14. The van der Waals surface area contributed by atoms with E-state index in [2.05, 4.69) is 15.3 Å². The van der Waals surface area contributed by atoms with Gasteiger partial charge in [-0.15, -0.1) is 11.3 Å². The van der Waals surface area contributed by atoms with Gasteiger partial charge in [0.2, 0.25) is 0 Å². The molecule has 0 aliphatic heterocycles. The van der Waals surface area contributed by atoms with E-state index in [0.717, 1.165) is 30.8 Å². The summed E-state index contributed by atoms with van der Waals surface area (Å²) in [5, 5.41) is 5.04. The zero-order valence-corrected chi connectivity index (χ0v) is 10.7. The van der Waals surface area contributed by atoms with Crippen LogP contribution in [0.1, 0.15) is 34.8 Å². The number of nitrogens with zero attached hydrogens (tertiary/aromatic N) is 2. The van der Waals surface area contributed by atoms with Crippen molar-refractivity contribution in [2.45, 2.75) is 18.8 Å². The monoisotopic (exact) mass is 278 g/mol. The molecule has 0 radical (unpaired) electrons. The van der Waals surface area contributed by atoms with Gasteiger partial charge in [-0.2, -0.15) is 0 Å². The summed E-state index contributed by atoms with van der Waals surface area (Å²) in [6, 6.07) is 1.06. The number of aromatic nitrogens is 2. The predicted octanol–water partition coefficient (Wildman–Crippen LogP) is 2.39. The van der Waals surface area contributed by atoms with Crippen molar-refractivity contribution < 1.29 is 9.18 Å². The van der Waals surface area contributed by atoms with Crippen molar-refractivity contribution in [1.82, 2.24) is 9.97 Å². The largest absolute Gasteiger partial charge is 0.383 e. The number of nitrogens with two attached hydrogens (primary N) is 1. The van der Waals surface area contributed by atoms with E-state index >= 15 is 0 Å². The molecule has 0 bridgehead atoms. The molecule has 7 heteroatoms. The van der Waals surface area contributed by atoms with Crippen molar-refractivity contribution in [2.24, 2.45) is 0 Å². The first kappa shape index (κ1) is 12.0. The number of nitrogen functional groups attached to an aromatic ring is 1. The van der Waals surface area contributed by atoms with Crippen molar-refractivity contribution in [1.29, 1.82) is 0 Å². The second kappa shape index (κ2) is 4.58. The van der Waals surface area contributed by atoms with Crippen LogP contribution in [0.5, 0.6) is 0 Å². The Bertz CT molecular complexity index is 638. The third-order valence-corrected chi connectivity index (χ3v) is 3.64. The summed E-state index contributed by atoms with van der Waals surface area (Å²) in [6.45, 7) is 0. The van der Waals surface area contributed by atoms with E-state index in [1.54, 1.807) is 0 Å². The Morgan fingerprint density at radius 1 is 1.53 bits per heavy atom. The standard InChI is InChI=1S/C12H11FN4OS/c13-7-3-8(10(14)15-4-7)11(18)17-12-16-9(5-19-12)6-1-2-6/h3-6H,1-2H2,(H2,14,15)(H,16,17,18). The summed E-state index contributed by atoms with van der Waals surface area (Å²) in [5.74, 6) is -0.570. The summed E-state index contributed by atoms with van der Waals surface area (Å²) in [4.78, 5) is 19.9. The summed E-state index contributed by atoms with van der Waals surface area (Å²) >= 11 is 1.35. The molecule has 0 saturated heterocycles. The molecular formula is C12H11FN4OS. The maximum absolute atomic E-state index is 13.1. The van der Waals surface area contributed by atoms with Crippen LogP contribution in [0.4, 0.5) is 15.3 Å². The SMILES string of the molecule is Nc1ncc(F)cc1C(=O)Nc1nc(C2CC2)cs1. The maximum atomic E-state index is 13.1. The highest BCUT2D eigenvalue weighted by Gasteiger charge is 2.26. The molecule has 5 nitrogen and oxygen atoms in total. The zero-order chi connectivity index (χ0) is 13.4. The number of anilines is 2. The number of pyridine rings is 1. The summed E-state index contributed by atoms with van der Waals surface area (Å²) < 4.78 is 13.1. The Morgan fingerprint density at radius 3 is 3.05 bits per heavy atom. The first-order valence-electron chi connectivity index (χ1n) is 5.81. The number of halogens is 1. The van der Waals surface area contributed by atoms with Crippen LogP contribution in [-0.4, -0.2) is 15.9 Å². The molecule has 2 aromatic heterocycles. The number of carbonyl (C=O) groups excluding carboxylic acids is 1. The number of hydrogen-bond donors (Lipinski definition) is 2. The van der Waals surface area contributed by atoms with Crippen LogP contribution in [0.3, 0.4) is 0 Å². The molecule has 1 fully saturated rings. The molecule has 2 heterocycles. The Labute approximate surface area is 112 Å². The van der Waals surface area contributed by atoms with Crippen molar-refractivity contribution >= 4 is 28.2 Å². The molecule has 1 amide bonds. The van der Waals surface area contributed by atoms with E-state index < -0.39 is 11.7 Å². The Morgan fingerprint density at radius 2 is 2.32 bits per heavy atom. The van der Waals surface area contributed by atoms with E-state index in [9.17, 15) is 9.18 Å². The Hall–Kier alpha value is -2.02. The van der Waals surface area contributed by atoms with Gasteiger partial charge in [0.15, 0.2) is 5.13 Å². The lowest BCUT2D eigenvalue weighted by Gasteiger charge is -2.04. The van der Waals surface area contributed by atoms with Crippen LogP contribution in [0.25, 0.3) is 0 Å². The fraction of sp³-hybridized carbons (Fsp3) is 0.250. The van der Waals surface area contributed by atoms with Gasteiger partial charge in [-0.1, -0.05) is 0 Å². The summed E-state index contributed by atoms with van der Waals surface area (Å²) in [7, 11) is 0. The van der Waals surface area contributed by atoms with Crippen molar-refractivity contribution in [3.63, 3.8) is 0 Å². The fourth-order valence-corrected chi connectivity index (χ4v) is 2.49. The maximum Gasteiger partial charge on any atom is 0.261 e. The van der Waals surface area contributed by atoms with Crippen LogP contribution in [0.15, 0.2) is 17.6 Å². The average molecular weight is 278 g/mol. The minimum Gasteiger partial charge on any atom is -0.383 e. The van der Waals surface area contributed by atoms with E-state index in [0.29, 0.717) is 11.0 Å². The molecule has 98 valence electrons. The van der Waals surface area contributed by atoms with E-state index in [-0.39, 0.29) is 11.4 Å². The quantitative estimate of drug-likeness (QED) is 0.903. The first-order valence-corrected chi connectivity index (χ1v) is 6.69. The molecular weight excluding hydrogens is 267 g/mol. The van der Waals surface area contributed by atoms with Crippen molar-refractivity contribution in [3.05, 3.63) is 34.7 Å². The fourth-order valence-electron chi connectivity index (χ4n) is 1.71. The molecule has 1 aliphatic rings. The third kappa shape index (κ3) is 2.55. The lowest BCUT2D eigenvalue weighted by molar-refractivity contribution is 0.102. The van der Waals surface area contributed by atoms with Gasteiger partial charge in [0, 0.05) is 11.3 Å². The molecule has 0 spiro atoms. The number of rotatable bonds is 3. The molecule has 3 rings (SSSR count). The van der Waals surface area contributed by atoms with Gasteiger partial charge in [-0.25, -0.2) is 14.4 Å². The molecule has 19 heavy (non-hydrogen) atoms. The number of carbonyl (C=O) groups is 1. The minimum absolute atomic E-state index is 0.00197. The number of hydrogen-bond acceptors (Lipinski definition) is 5. The van der Waals surface area contributed by atoms with Crippen molar-refractivity contribution in [3.8, 4) is 0 Å². The Kier molecular flexibility index (Phi) is 2.90. The van der Waals surface area contributed by atoms with Crippen molar-refractivity contribution in [2.75, 3.05) is 11.1 Å². The molecule has 3 N–H and O–H groups in total. The van der Waals surface area contributed by atoms with Gasteiger partial charge in [-0.3, -0.25) is 10.1 Å². The number of nitrogens with one attached hydrogen (secondary N) is 1. The lowest BCUT2D eigenvalue weighted by atomic mass is 10.2. The van der Waals surface area contributed by atoms with E-state index in [1.807, 2.05) is 5.38 Å². The van der Waals surface area contributed by atoms with Gasteiger partial charge in [0.05, 0.1) is 17.5 Å². The van der Waals surface area contributed by atoms with Gasteiger partial charge in [-0.05, 0) is 18.9 Å².